The molecule has 1 rings (SSSR count). The van der Waals surface area contributed by atoms with Gasteiger partial charge in [-0.2, -0.15) is 0 Å². The van der Waals surface area contributed by atoms with Gasteiger partial charge in [0.1, 0.15) is 0 Å². The summed E-state index contributed by atoms with van der Waals surface area (Å²) < 4.78 is 5.68. The third-order valence-electron chi connectivity index (χ3n) is 8.13. The molecule has 0 spiro atoms. The first kappa shape index (κ1) is 31.5. The van der Waals surface area contributed by atoms with Gasteiger partial charge in [0.2, 0.25) is 0 Å². The number of esters is 1. The third kappa shape index (κ3) is 19.7. The van der Waals surface area contributed by atoms with Gasteiger partial charge >= 0.3 is 5.97 Å². The van der Waals surface area contributed by atoms with Gasteiger partial charge in [0.05, 0.1) is 6.61 Å². The van der Waals surface area contributed by atoms with Crippen LogP contribution in [0.1, 0.15) is 181 Å². The SMILES string of the molecule is CCCCCCC(CCCC)COC(=O)CCCCCCCC1CCCCCCCCCCC1. The second kappa shape index (κ2) is 24.2. The van der Waals surface area contributed by atoms with Crippen molar-refractivity contribution >= 4 is 5.97 Å². The van der Waals surface area contributed by atoms with E-state index >= 15 is 0 Å². The van der Waals surface area contributed by atoms with E-state index in [0.717, 1.165) is 12.3 Å². The monoisotopic (exact) mass is 478 g/mol. The summed E-state index contributed by atoms with van der Waals surface area (Å²) in [6.07, 6.45) is 34.6. The zero-order valence-corrected chi connectivity index (χ0v) is 23.6. The lowest BCUT2D eigenvalue weighted by Crippen LogP contribution is -2.14. The average molecular weight is 479 g/mol. The molecule has 0 aliphatic heterocycles. The molecule has 0 heterocycles. The van der Waals surface area contributed by atoms with Gasteiger partial charge in [-0.05, 0) is 31.1 Å². The van der Waals surface area contributed by atoms with E-state index in [-0.39, 0.29) is 5.97 Å². The molecule has 34 heavy (non-hydrogen) atoms. The number of carbonyl (C=O) groups is 1. The summed E-state index contributed by atoms with van der Waals surface area (Å²) in [6, 6.07) is 0. The molecule has 0 aromatic carbocycles. The van der Waals surface area contributed by atoms with Crippen molar-refractivity contribution in [2.75, 3.05) is 6.61 Å². The van der Waals surface area contributed by atoms with E-state index in [9.17, 15) is 4.79 Å². The minimum atomic E-state index is 0.0447. The second-order valence-corrected chi connectivity index (χ2v) is 11.5. The van der Waals surface area contributed by atoms with Crippen molar-refractivity contribution in [3.05, 3.63) is 0 Å². The maximum absolute atomic E-state index is 12.2. The van der Waals surface area contributed by atoms with Crippen LogP contribution in [0, 0.1) is 11.8 Å². The van der Waals surface area contributed by atoms with E-state index < -0.39 is 0 Å². The fourth-order valence-corrected chi connectivity index (χ4v) is 5.72. The Morgan fingerprint density at radius 2 is 1.18 bits per heavy atom. The highest BCUT2D eigenvalue weighted by molar-refractivity contribution is 5.69. The van der Waals surface area contributed by atoms with Crippen molar-refractivity contribution in [1.82, 2.24) is 0 Å². The largest absolute Gasteiger partial charge is 0.465 e. The fourth-order valence-electron chi connectivity index (χ4n) is 5.72. The Kier molecular flexibility index (Phi) is 22.4. The van der Waals surface area contributed by atoms with E-state index in [1.165, 1.54) is 154 Å². The Balaban J connectivity index is 2.06. The van der Waals surface area contributed by atoms with E-state index in [1.54, 1.807) is 0 Å². The molecule has 1 aliphatic carbocycles. The Morgan fingerprint density at radius 1 is 0.647 bits per heavy atom. The Bertz CT molecular complexity index is 421. The highest BCUT2D eigenvalue weighted by Crippen LogP contribution is 2.25. The number of unbranched alkanes of at least 4 members (excludes halogenated alkanes) is 8. The maximum Gasteiger partial charge on any atom is 0.305 e. The molecule has 0 saturated heterocycles. The molecule has 1 unspecified atom stereocenters. The molecule has 2 nitrogen and oxygen atoms in total. The molecule has 1 fully saturated rings. The van der Waals surface area contributed by atoms with Crippen LogP contribution in [0.25, 0.3) is 0 Å². The minimum Gasteiger partial charge on any atom is -0.465 e. The smallest absolute Gasteiger partial charge is 0.305 e. The summed E-state index contributed by atoms with van der Waals surface area (Å²) in [5, 5.41) is 0. The van der Waals surface area contributed by atoms with Gasteiger partial charge in [-0.25, -0.2) is 0 Å². The average Bonchev–Trinajstić information content (AvgIpc) is 2.83. The topological polar surface area (TPSA) is 26.3 Å². The lowest BCUT2D eigenvalue weighted by atomic mass is 9.89. The number of ether oxygens (including phenoxy) is 1. The molecule has 1 aliphatic rings. The van der Waals surface area contributed by atoms with Crippen LogP contribution in [0.2, 0.25) is 0 Å². The van der Waals surface area contributed by atoms with Crippen molar-refractivity contribution < 1.29 is 9.53 Å². The predicted octanol–water partition coefficient (Wildman–Crippen LogP) is 11.0. The van der Waals surface area contributed by atoms with Crippen LogP contribution >= 0.6 is 0 Å². The lowest BCUT2D eigenvalue weighted by Gasteiger charge is -2.18. The van der Waals surface area contributed by atoms with Gasteiger partial charge in [0.15, 0.2) is 0 Å². The van der Waals surface area contributed by atoms with Gasteiger partial charge in [0, 0.05) is 6.42 Å². The Hall–Kier alpha value is -0.530. The van der Waals surface area contributed by atoms with Gasteiger partial charge in [-0.1, -0.05) is 155 Å². The Morgan fingerprint density at radius 3 is 1.82 bits per heavy atom. The van der Waals surface area contributed by atoms with Crippen LogP contribution in [0.4, 0.5) is 0 Å². The Labute approximate surface area is 214 Å². The molecule has 0 radical (unpaired) electrons. The van der Waals surface area contributed by atoms with E-state index in [4.69, 9.17) is 4.74 Å². The number of hydrogen-bond acceptors (Lipinski definition) is 2. The van der Waals surface area contributed by atoms with Gasteiger partial charge in [0.25, 0.3) is 0 Å². The first-order valence-electron chi connectivity index (χ1n) is 15.9. The molecule has 0 aromatic rings. The zero-order valence-electron chi connectivity index (χ0n) is 23.6. The molecule has 1 saturated carbocycles. The second-order valence-electron chi connectivity index (χ2n) is 11.5. The van der Waals surface area contributed by atoms with Crippen LogP contribution in [-0.2, 0) is 9.53 Å². The van der Waals surface area contributed by atoms with Gasteiger partial charge < -0.3 is 4.74 Å². The van der Waals surface area contributed by atoms with Crippen LogP contribution in [-0.4, -0.2) is 12.6 Å². The highest BCUT2D eigenvalue weighted by atomic mass is 16.5. The van der Waals surface area contributed by atoms with Crippen LogP contribution in [0.15, 0.2) is 0 Å². The van der Waals surface area contributed by atoms with Crippen molar-refractivity contribution in [1.29, 1.82) is 0 Å². The van der Waals surface area contributed by atoms with Crippen molar-refractivity contribution in [2.45, 2.75) is 181 Å². The molecule has 0 N–H and O–H groups in total. The third-order valence-corrected chi connectivity index (χ3v) is 8.13. The summed E-state index contributed by atoms with van der Waals surface area (Å²) in [4.78, 5) is 12.2. The van der Waals surface area contributed by atoms with Crippen molar-refractivity contribution in [2.24, 2.45) is 11.8 Å². The lowest BCUT2D eigenvalue weighted by molar-refractivity contribution is -0.145. The fraction of sp³-hybridized carbons (Fsp3) is 0.969. The van der Waals surface area contributed by atoms with Crippen LogP contribution in [0.3, 0.4) is 0 Å². The molecular formula is C32H62O2. The molecule has 202 valence electrons. The van der Waals surface area contributed by atoms with Crippen molar-refractivity contribution in [3.63, 3.8) is 0 Å². The summed E-state index contributed by atoms with van der Waals surface area (Å²) >= 11 is 0. The number of hydrogen-bond donors (Lipinski definition) is 0. The molecule has 1 atom stereocenters. The first-order valence-corrected chi connectivity index (χ1v) is 15.9. The van der Waals surface area contributed by atoms with E-state index in [2.05, 4.69) is 13.8 Å². The standard InChI is InChI=1S/C32H62O2/c1-3-5-7-18-27-31(23-6-4-2)29-34-32(33)28-22-17-13-16-21-26-30-24-19-14-11-9-8-10-12-15-20-25-30/h30-31H,3-29H2,1-2H3. The summed E-state index contributed by atoms with van der Waals surface area (Å²) in [7, 11) is 0. The van der Waals surface area contributed by atoms with Crippen molar-refractivity contribution in [3.8, 4) is 0 Å². The summed E-state index contributed by atoms with van der Waals surface area (Å²) in [5.41, 5.74) is 0. The molecule has 2 heteroatoms. The maximum atomic E-state index is 12.2. The van der Waals surface area contributed by atoms with E-state index in [1.807, 2.05) is 0 Å². The molecule has 0 bridgehead atoms. The molecular weight excluding hydrogens is 416 g/mol. The van der Waals surface area contributed by atoms with E-state index in [0.29, 0.717) is 18.9 Å². The summed E-state index contributed by atoms with van der Waals surface area (Å²) in [5.74, 6) is 1.61. The first-order chi connectivity index (χ1) is 16.8. The summed E-state index contributed by atoms with van der Waals surface area (Å²) in [6.45, 7) is 5.17. The highest BCUT2D eigenvalue weighted by Gasteiger charge is 2.12. The predicted molar refractivity (Wildman–Crippen MR) is 149 cm³/mol. The van der Waals surface area contributed by atoms with Gasteiger partial charge in [-0.3, -0.25) is 4.79 Å². The minimum absolute atomic E-state index is 0.0447. The number of carbonyl (C=O) groups excluding carboxylic acids is 1. The quantitative estimate of drug-likeness (QED) is 0.145. The molecule has 0 aromatic heterocycles. The van der Waals surface area contributed by atoms with Crippen LogP contribution < -0.4 is 0 Å². The van der Waals surface area contributed by atoms with Gasteiger partial charge in [-0.15, -0.1) is 0 Å². The molecule has 0 amide bonds. The normalized spacial score (nSPS) is 17.6. The zero-order chi connectivity index (χ0) is 24.5. The number of rotatable bonds is 18. The van der Waals surface area contributed by atoms with Crippen LogP contribution in [0.5, 0.6) is 0 Å².